The van der Waals surface area contributed by atoms with Crippen molar-refractivity contribution in [2.75, 3.05) is 5.32 Å². The lowest BCUT2D eigenvalue weighted by Crippen LogP contribution is -1.96. The van der Waals surface area contributed by atoms with Crippen LogP contribution in [-0.2, 0) is 6.54 Å². The van der Waals surface area contributed by atoms with Gasteiger partial charge in [0.05, 0.1) is 22.8 Å². The molecule has 0 aliphatic heterocycles. The Morgan fingerprint density at radius 2 is 2.00 bits per heavy atom. The van der Waals surface area contributed by atoms with Crippen molar-refractivity contribution in [2.45, 2.75) is 13.5 Å². The van der Waals surface area contributed by atoms with Crippen LogP contribution in [-0.4, -0.2) is 9.97 Å². The molecular formula is C14H13N3S2. The molecule has 3 nitrogen and oxygen atoms in total. The molecule has 2 heterocycles. The highest BCUT2D eigenvalue weighted by Crippen LogP contribution is 2.23. The lowest BCUT2D eigenvalue weighted by molar-refractivity contribution is 1.17. The Kier molecular flexibility index (Phi) is 3.57. The number of rotatable bonds is 4. The van der Waals surface area contributed by atoms with Gasteiger partial charge < -0.3 is 5.32 Å². The number of benzene rings is 1. The van der Waals surface area contributed by atoms with Crippen LogP contribution >= 0.6 is 22.7 Å². The van der Waals surface area contributed by atoms with Gasteiger partial charge >= 0.3 is 0 Å². The van der Waals surface area contributed by atoms with E-state index in [0.717, 1.165) is 28.5 Å². The zero-order chi connectivity index (χ0) is 13.1. The van der Waals surface area contributed by atoms with Gasteiger partial charge in [-0.2, -0.15) is 0 Å². The molecule has 0 aliphatic carbocycles. The van der Waals surface area contributed by atoms with Gasteiger partial charge in [0, 0.05) is 27.7 Å². The van der Waals surface area contributed by atoms with Gasteiger partial charge in [0.25, 0.3) is 0 Å². The predicted molar refractivity (Wildman–Crippen MR) is 81.7 cm³/mol. The van der Waals surface area contributed by atoms with E-state index >= 15 is 0 Å². The lowest BCUT2D eigenvalue weighted by Gasteiger charge is -2.05. The van der Waals surface area contributed by atoms with E-state index in [-0.39, 0.29) is 0 Å². The summed E-state index contributed by atoms with van der Waals surface area (Å²) < 4.78 is 0. The van der Waals surface area contributed by atoms with Crippen LogP contribution in [0, 0.1) is 6.92 Å². The van der Waals surface area contributed by atoms with Gasteiger partial charge in [0.2, 0.25) is 0 Å². The first-order valence-corrected chi connectivity index (χ1v) is 7.71. The number of aryl methyl sites for hydroxylation is 1. The first kappa shape index (κ1) is 12.3. The fourth-order valence-electron chi connectivity index (χ4n) is 1.77. The average molecular weight is 287 g/mol. The first-order chi connectivity index (χ1) is 9.31. The Bertz CT molecular complexity index is 642. The van der Waals surface area contributed by atoms with Crippen molar-refractivity contribution in [3.8, 4) is 11.3 Å². The van der Waals surface area contributed by atoms with Crippen LogP contribution in [0.25, 0.3) is 11.3 Å². The molecule has 0 unspecified atom stereocenters. The molecule has 0 amide bonds. The molecule has 0 saturated heterocycles. The van der Waals surface area contributed by atoms with Gasteiger partial charge in [-0.25, -0.2) is 4.98 Å². The summed E-state index contributed by atoms with van der Waals surface area (Å²) in [6, 6.07) is 8.38. The third kappa shape index (κ3) is 3.00. The molecule has 0 spiro atoms. The number of thiazole rings is 2. The Hall–Kier alpha value is -1.72. The fourth-order valence-corrected chi connectivity index (χ4v) is 2.93. The van der Waals surface area contributed by atoms with Crippen LogP contribution in [0.15, 0.2) is 41.4 Å². The minimum atomic E-state index is 0.819. The third-order valence-electron chi connectivity index (χ3n) is 2.75. The van der Waals surface area contributed by atoms with E-state index in [0.29, 0.717) is 0 Å². The topological polar surface area (TPSA) is 37.8 Å². The molecule has 1 N–H and O–H groups in total. The number of nitrogens with one attached hydrogen (secondary N) is 1. The standard InChI is InChI=1S/C14H13N3S2/c1-10-17-14(8-18-10)11-2-4-12(5-3-11)16-7-13-6-15-9-19-13/h2-6,8-9,16H,7H2,1H3. The van der Waals surface area contributed by atoms with Crippen molar-refractivity contribution in [2.24, 2.45) is 0 Å². The highest BCUT2D eigenvalue weighted by Gasteiger charge is 2.02. The summed E-state index contributed by atoms with van der Waals surface area (Å²) in [4.78, 5) is 9.79. The largest absolute Gasteiger partial charge is 0.380 e. The SMILES string of the molecule is Cc1nc(-c2ccc(NCc3cncs3)cc2)cs1. The molecular weight excluding hydrogens is 274 g/mol. The van der Waals surface area contributed by atoms with Crippen molar-refractivity contribution in [1.29, 1.82) is 0 Å². The number of hydrogen-bond acceptors (Lipinski definition) is 5. The van der Waals surface area contributed by atoms with E-state index in [1.54, 1.807) is 22.7 Å². The number of aromatic nitrogens is 2. The molecule has 2 aromatic heterocycles. The summed E-state index contributed by atoms with van der Waals surface area (Å²) in [5.74, 6) is 0. The maximum absolute atomic E-state index is 4.49. The summed E-state index contributed by atoms with van der Waals surface area (Å²) in [5.41, 5.74) is 5.18. The fraction of sp³-hybridized carbons (Fsp3) is 0.143. The van der Waals surface area contributed by atoms with E-state index in [2.05, 4.69) is 44.9 Å². The molecule has 0 fully saturated rings. The van der Waals surface area contributed by atoms with Crippen molar-refractivity contribution >= 4 is 28.4 Å². The molecule has 0 bridgehead atoms. The second kappa shape index (κ2) is 5.50. The molecule has 5 heteroatoms. The molecule has 0 atom stereocenters. The van der Waals surface area contributed by atoms with Crippen LogP contribution < -0.4 is 5.32 Å². The van der Waals surface area contributed by atoms with Gasteiger partial charge in [-0.15, -0.1) is 22.7 Å². The summed E-state index contributed by atoms with van der Waals surface area (Å²) in [5, 5.41) is 6.58. The number of anilines is 1. The quantitative estimate of drug-likeness (QED) is 0.782. The molecule has 3 aromatic rings. The van der Waals surface area contributed by atoms with Gasteiger partial charge in [-0.1, -0.05) is 12.1 Å². The molecule has 19 heavy (non-hydrogen) atoms. The van der Waals surface area contributed by atoms with E-state index in [9.17, 15) is 0 Å². The van der Waals surface area contributed by atoms with Gasteiger partial charge in [0.1, 0.15) is 0 Å². The molecule has 1 aromatic carbocycles. The van der Waals surface area contributed by atoms with Crippen LogP contribution in [0.5, 0.6) is 0 Å². The van der Waals surface area contributed by atoms with Crippen LogP contribution in [0.3, 0.4) is 0 Å². The second-order valence-corrected chi connectivity index (χ2v) is 6.18. The van der Waals surface area contributed by atoms with Crippen molar-refractivity contribution < 1.29 is 0 Å². The molecule has 3 rings (SSSR count). The first-order valence-electron chi connectivity index (χ1n) is 5.95. The lowest BCUT2D eigenvalue weighted by atomic mass is 10.1. The Labute approximate surface area is 120 Å². The van der Waals surface area contributed by atoms with Gasteiger partial charge in [-0.3, -0.25) is 4.98 Å². The van der Waals surface area contributed by atoms with Crippen molar-refractivity contribution in [1.82, 2.24) is 9.97 Å². The summed E-state index contributed by atoms with van der Waals surface area (Å²) >= 11 is 3.34. The second-order valence-electron chi connectivity index (χ2n) is 4.15. The monoisotopic (exact) mass is 287 g/mol. The summed E-state index contributed by atoms with van der Waals surface area (Å²) in [6.07, 6.45) is 1.89. The maximum Gasteiger partial charge on any atom is 0.0901 e. The number of hydrogen-bond donors (Lipinski definition) is 1. The van der Waals surface area contributed by atoms with E-state index < -0.39 is 0 Å². The van der Waals surface area contributed by atoms with E-state index in [1.165, 1.54) is 4.88 Å². The molecule has 0 saturated carbocycles. The van der Waals surface area contributed by atoms with Crippen LogP contribution in [0.1, 0.15) is 9.88 Å². The van der Waals surface area contributed by atoms with Crippen LogP contribution in [0.4, 0.5) is 5.69 Å². The zero-order valence-electron chi connectivity index (χ0n) is 10.5. The normalized spacial score (nSPS) is 10.6. The molecule has 0 radical (unpaired) electrons. The third-order valence-corrected chi connectivity index (χ3v) is 4.30. The predicted octanol–water partition coefficient (Wildman–Crippen LogP) is 4.19. The van der Waals surface area contributed by atoms with Gasteiger partial charge in [0.15, 0.2) is 0 Å². The Morgan fingerprint density at radius 1 is 1.16 bits per heavy atom. The molecule has 0 aliphatic rings. The number of nitrogens with zero attached hydrogens (tertiary/aromatic N) is 2. The van der Waals surface area contributed by atoms with E-state index in [4.69, 9.17) is 0 Å². The summed E-state index contributed by atoms with van der Waals surface area (Å²) in [6.45, 7) is 2.85. The Morgan fingerprint density at radius 3 is 2.63 bits per heavy atom. The average Bonchev–Trinajstić information content (AvgIpc) is 3.08. The maximum atomic E-state index is 4.49. The minimum Gasteiger partial charge on any atom is -0.380 e. The minimum absolute atomic E-state index is 0.819. The highest BCUT2D eigenvalue weighted by molar-refractivity contribution is 7.10. The molecule has 96 valence electrons. The zero-order valence-corrected chi connectivity index (χ0v) is 12.1. The summed E-state index contributed by atoms with van der Waals surface area (Å²) in [7, 11) is 0. The van der Waals surface area contributed by atoms with Crippen molar-refractivity contribution in [3.63, 3.8) is 0 Å². The van der Waals surface area contributed by atoms with E-state index in [1.807, 2.05) is 18.6 Å². The highest BCUT2D eigenvalue weighted by atomic mass is 32.1. The van der Waals surface area contributed by atoms with Crippen molar-refractivity contribution in [3.05, 3.63) is 51.2 Å². The Balaban J connectivity index is 1.69. The smallest absolute Gasteiger partial charge is 0.0901 e. The van der Waals surface area contributed by atoms with Gasteiger partial charge in [-0.05, 0) is 19.1 Å². The van der Waals surface area contributed by atoms with Crippen LogP contribution in [0.2, 0.25) is 0 Å².